The first-order chi connectivity index (χ1) is 12.8. The number of benzene rings is 1. The van der Waals surface area contributed by atoms with E-state index < -0.39 is 0 Å². The molecule has 0 unspecified atom stereocenters. The van der Waals surface area contributed by atoms with E-state index in [1.54, 1.807) is 0 Å². The van der Waals surface area contributed by atoms with Crippen LogP contribution in [0, 0.1) is 0 Å². The number of nitrogens with zero attached hydrogens (tertiary/aromatic N) is 2. The van der Waals surface area contributed by atoms with Crippen LogP contribution in [0.3, 0.4) is 0 Å². The van der Waals surface area contributed by atoms with Crippen molar-refractivity contribution >= 4 is 16.9 Å². The molecule has 1 aliphatic carbocycles. The second-order valence-electron chi connectivity index (χ2n) is 7.45. The molecule has 2 fully saturated rings. The highest BCUT2D eigenvalue weighted by Crippen LogP contribution is 2.29. The summed E-state index contributed by atoms with van der Waals surface area (Å²) in [7, 11) is 0. The maximum absolute atomic E-state index is 5.88. The zero-order valence-electron chi connectivity index (χ0n) is 15.7. The molecule has 26 heavy (non-hydrogen) atoms. The standard InChI is InChI=1S/C21H30N4O/c1-2-22-21(24-17-10-13-25(14-11-17)18-7-8-18)23-12-9-19-15-16-5-3-4-6-20(16)26-19/h3-6,15,17-18H,2,7-14H2,1H3,(H2,22,23,24). The fourth-order valence-electron chi connectivity index (χ4n) is 3.80. The maximum atomic E-state index is 5.88. The quantitative estimate of drug-likeness (QED) is 0.618. The Kier molecular flexibility index (Phi) is 5.44. The molecule has 1 aromatic heterocycles. The van der Waals surface area contributed by atoms with Crippen LogP contribution in [-0.4, -0.2) is 49.1 Å². The van der Waals surface area contributed by atoms with E-state index in [1.807, 2.05) is 18.2 Å². The molecule has 2 aromatic rings. The average Bonchev–Trinajstić information content (AvgIpc) is 3.42. The van der Waals surface area contributed by atoms with Gasteiger partial charge in [0.25, 0.3) is 0 Å². The molecule has 1 saturated carbocycles. The molecule has 0 bridgehead atoms. The van der Waals surface area contributed by atoms with E-state index in [9.17, 15) is 0 Å². The Morgan fingerprint density at radius 3 is 2.73 bits per heavy atom. The Morgan fingerprint density at radius 1 is 1.19 bits per heavy atom. The SMILES string of the molecule is CCNC(=NCCc1cc2ccccc2o1)NC1CCN(C2CC2)CC1. The molecule has 2 N–H and O–H groups in total. The third-order valence-electron chi connectivity index (χ3n) is 5.38. The zero-order chi connectivity index (χ0) is 17.8. The van der Waals surface area contributed by atoms with Crippen molar-refractivity contribution in [3.05, 3.63) is 36.1 Å². The topological polar surface area (TPSA) is 52.8 Å². The number of rotatable bonds is 6. The summed E-state index contributed by atoms with van der Waals surface area (Å²) in [5.41, 5.74) is 0.957. The summed E-state index contributed by atoms with van der Waals surface area (Å²) >= 11 is 0. The van der Waals surface area contributed by atoms with Gasteiger partial charge in [-0.25, -0.2) is 0 Å². The first kappa shape index (κ1) is 17.4. The lowest BCUT2D eigenvalue weighted by Gasteiger charge is -2.33. The first-order valence-electron chi connectivity index (χ1n) is 10.1. The number of piperidine rings is 1. The Morgan fingerprint density at radius 2 is 2.00 bits per heavy atom. The normalized spacial score (nSPS) is 19.8. The van der Waals surface area contributed by atoms with E-state index in [4.69, 9.17) is 9.41 Å². The van der Waals surface area contributed by atoms with Crippen LogP contribution in [0.2, 0.25) is 0 Å². The number of para-hydroxylation sites is 1. The molecular formula is C21H30N4O. The van der Waals surface area contributed by atoms with E-state index in [-0.39, 0.29) is 0 Å². The summed E-state index contributed by atoms with van der Waals surface area (Å²) in [6, 6.07) is 11.7. The summed E-state index contributed by atoms with van der Waals surface area (Å²) < 4.78 is 5.88. The molecule has 2 aliphatic rings. The molecule has 0 atom stereocenters. The number of likely N-dealkylation sites (tertiary alicyclic amines) is 1. The number of guanidine groups is 1. The highest BCUT2D eigenvalue weighted by molar-refractivity contribution is 5.80. The van der Waals surface area contributed by atoms with E-state index >= 15 is 0 Å². The molecule has 1 aromatic carbocycles. The predicted molar refractivity (Wildman–Crippen MR) is 107 cm³/mol. The van der Waals surface area contributed by atoms with E-state index in [1.165, 1.54) is 44.2 Å². The van der Waals surface area contributed by atoms with E-state index in [0.29, 0.717) is 6.04 Å². The Labute approximate surface area is 155 Å². The smallest absolute Gasteiger partial charge is 0.191 e. The van der Waals surface area contributed by atoms with Gasteiger partial charge in [0.05, 0.1) is 0 Å². The largest absolute Gasteiger partial charge is 0.461 e. The van der Waals surface area contributed by atoms with Gasteiger partial charge in [-0.3, -0.25) is 4.99 Å². The molecule has 1 saturated heterocycles. The number of hydrogen-bond donors (Lipinski definition) is 2. The average molecular weight is 354 g/mol. The van der Waals surface area contributed by atoms with Gasteiger partial charge in [-0.15, -0.1) is 0 Å². The molecule has 5 heteroatoms. The highest BCUT2D eigenvalue weighted by atomic mass is 16.3. The first-order valence-corrected chi connectivity index (χ1v) is 10.1. The van der Waals surface area contributed by atoms with E-state index in [0.717, 1.165) is 42.9 Å². The van der Waals surface area contributed by atoms with Crippen molar-refractivity contribution in [1.82, 2.24) is 15.5 Å². The summed E-state index contributed by atoms with van der Waals surface area (Å²) in [6.45, 7) is 6.18. The lowest BCUT2D eigenvalue weighted by molar-refractivity contribution is 0.197. The van der Waals surface area contributed by atoms with Crippen molar-refractivity contribution in [2.24, 2.45) is 4.99 Å². The third kappa shape index (κ3) is 4.39. The van der Waals surface area contributed by atoms with Gasteiger partial charge in [-0.1, -0.05) is 18.2 Å². The molecule has 0 spiro atoms. The summed E-state index contributed by atoms with van der Waals surface area (Å²) in [5.74, 6) is 1.94. The maximum Gasteiger partial charge on any atom is 0.191 e. The van der Waals surface area contributed by atoms with Crippen LogP contribution in [0.4, 0.5) is 0 Å². The molecule has 5 nitrogen and oxygen atoms in total. The number of fused-ring (bicyclic) bond motifs is 1. The van der Waals surface area contributed by atoms with Gasteiger partial charge in [-0.05, 0) is 44.7 Å². The molecule has 4 rings (SSSR count). The minimum absolute atomic E-state index is 0.536. The molecule has 140 valence electrons. The number of nitrogens with one attached hydrogen (secondary N) is 2. The summed E-state index contributed by atoms with van der Waals surface area (Å²) in [6.07, 6.45) is 6.06. The third-order valence-corrected chi connectivity index (χ3v) is 5.38. The van der Waals surface area contributed by atoms with Gasteiger partial charge in [-0.2, -0.15) is 0 Å². The van der Waals surface area contributed by atoms with Crippen molar-refractivity contribution in [3.63, 3.8) is 0 Å². The predicted octanol–water partition coefficient (Wildman–Crippen LogP) is 3.16. The van der Waals surface area contributed by atoms with Crippen molar-refractivity contribution in [1.29, 1.82) is 0 Å². The molecular weight excluding hydrogens is 324 g/mol. The van der Waals surface area contributed by atoms with Gasteiger partial charge < -0.3 is 20.0 Å². The second kappa shape index (κ2) is 8.12. The highest BCUT2D eigenvalue weighted by Gasteiger charge is 2.31. The molecule has 0 radical (unpaired) electrons. The number of hydrogen-bond acceptors (Lipinski definition) is 3. The minimum atomic E-state index is 0.536. The fourth-order valence-corrected chi connectivity index (χ4v) is 3.80. The van der Waals surface area contributed by atoms with Gasteiger partial charge in [0.15, 0.2) is 5.96 Å². The van der Waals surface area contributed by atoms with Crippen LogP contribution in [0.5, 0.6) is 0 Å². The fraction of sp³-hybridized carbons (Fsp3) is 0.571. The second-order valence-corrected chi connectivity index (χ2v) is 7.45. The lowest BCUT2D eigenvalue weighted by atomic mass is 10.1. The van der Waals surface area contributed by atoms with Crippen LogP contribution in [-0.2, 0) is 6.42 Å². The van der Waals surface area contributed by atoms with Crippen LogP contribution < -0.4 is 10.6 Å². The Hall–Kier alpha value is -2.01. The van der Waals surface area contributed by atoms with Crippen LogP contribution in [0.15, 0.2) is 39.7 Å². The molecule has 1 aliphatic heterocycles. The molecule has 0 amide bonds. The minimum Gasteiger partial charge on any atom is -0.461 e. The monoisotopic (exact) mass is 354 g/mol. The van der Waals surface area contributed by atoms with E-state index in [2.05, 4.69) is 34.6 Å². The zero-order valence-corrected chi connectivity index (χ0v) is 15.7. The van der Waals surface area contributed by atoms with Gasteiger partial charge in [0.2, 0.25) is 0 Å². The van der Waals surface area contributed by atoms with Gasteiger partial charge in [0, 0.05) is 50.1 Å². The summed E-state index contributed by atoms with van der Waals surface area (Å²) in [5, 5.41) is 8.18. The van der Waals surface area contributed by atoms with Gasteiger partial charge in [0.1, 0.15) is 11.3 Å². The van der Waals surface area contributed by atoms with Crippen LogP contribution in [0.1, 0.15) is 38.4 Å². The summed E-state index contributed by atoms with van der Waals surface area (Å²) in [4.78, 5) is 7.42. The van der Waals surface area contributed by atoms with Crippen LogP contribution in [0.25, 0.3) is 11.0 Å². The van der Waals surface area contributed by atoms with Crippen molar-refractivity contribution in [2.45, 2.75) is 51.1 Å². The Bertz CT molecular complexity index is 708. The van der Waals surface area contributed by atoms with Crippen molar-refractivity contribution < 1.29 is 4.42 Å². The molecule has 2 heterocycles. The van der Waals surface area contributed by atoms with Crippen LogP contribution >= 0.6 is 0 Å². The Balaban J connectivity index is 1.29. The lowest BCUT2D eigenvalue weighted by Crippen LogP contribution is -2.49. The number of aliphatic imine (C=N–C) groups is 1. The number of furan rings is 1. The van der Waals surface area contributed by atoms with Gasteiger partial charge >= 0.3 is 0 Å². The van der Waals surface area contributed by atoms with Crippen molar-refractivity contribution in [3.8, 4) is 0 Å². The van der Waals surface area contributed by atoms with Crippen molar-refractivity contribution in [2.75, 3.05) is 26.2 Å².